The van der Waals surface area contributed by atoms with Gasteiger partial charge in [-0.15, -0.1) is 11.8 Å². The standard InChI is InChI=1S/C11H15N3O2S/c1-7(10(12)14-16)13-11(15)8-3-5-9(17-2)6-4-8/h3-7,16H,1-2H3,(H2,12,14)(H,13,15). The number of oxime groups is 1. The van der Waals surface area contributed by atoms with Crippen LogP contribution in [-0.2, 0) is 0 Å². The average Bonchev–Trinajstić information content (AvgIpc) is 2.37. The van der Waals surface area contributed by atoms with Crippen LogP contribution in [0.15, 0.2) is 34.3 Å². The van der Waals surface area contributed by atoms with Gasteiger partial charge in [0.15, 0.2) is 5.84 Å². The predicted octanol–water partition coefficient (Wildman–Crippen LogP) is 1.27. The Balaban J connectivity index is 2.69. The second-order valence-corrected chi connectivity index (χ2v) is 4.33. The highest BCUT2D eigenvalue weighted by Gasteiger charge is 2.12. The Labute approximate surface area is 104 Å². The minimum absolute atomic E-state index is 0.0286. The first kappa shape index (κ1) is 13.4. The number of nitrogens with zero attached hydrogens (tertiary/aromatic N) is 1. The topological polar surface area (TPSA) is 87.7 Å². The van der Waals surface area contributed by atoms with Crippen molar-refractivity contribution in [1.82, 2.24) is 5.32 Å². The number of thioether (sulfide) groups is 1. The second-order valence-electron chi connectivity index (χ2n) is 3.45. The fourth-order valence-corrected chi connectivity index (χ4v) is 1.59. The molecular weight excluding hydrogens is 238 g/mol. The van der Waals surface area contributed by atoms with Gasteiger partial charge in [0.1, 0.15) is 0 Å². The third kappa shape index (κ3) is 3.67. The smallest absolute Gasteiger partial charge is 0.251 e. The van der Waals surface area contributed by atoms with Gasteiger partial charge in [0.05, 0.1) is 6.04 Å². The Hall–Kier alpha value is -1.69. The van der Waals surface area contributed by atoms with Crippen LogP contribution in [0.1, 0.15) is 17.3 Å². The van der Waals surface area contributed by atoms with Gasteiger partial charge < -0.3 is 16.3 Å². The summed E-state index contributed by atoms with van der Waals surface area (Å²) >= 11 is 1.61. The maximum absolute atomic E-state index is 11.8. The monoisotopic (exact) mass is 253 g/mol. The Kier molecular flexibility index (Phi) is 4.84. The zero-order valence-electron chi connectivity index (χ0n) is 9.68. The number of nitrogens with two attached hydrogens (primary N) is 1. The van der Waals surface area contributed by atoms with Crippen LogP contribution in [-0.4, -0.2) is 29.2 Å². The molecule has 0 spiro atoms. The Morgan fingerprint density at radius 3 is 2.53 bits per heavy atom. The summed E-state index contributed by atoms with van der Waals surface area (Å²) in [6.07, 6.45) is 1.97. The minimum Gasteiger partial charge on any atom is -0.409 e. The van der Waals surface area contributed by atoms with Crippen molar-refractivity contribution in [2.75, 3.05) is 6.26 Å². The maximum atomic E-state index is 11.8. The largest absolute Gasteiger partial charge is 0.409 e. The van der Waals surface area contributed by atoms with Crippen molar-refractivity contribution in [3.63, 3.8) is 0 Å². The summed E-state index contributed by atoms with van der Waals surface area (Å²) in [6.45, 7) is 1.64. The molecule has 0 aliphatic heterocycles. The van der Waals surface area contributed by atoms with Crippen molar-refractivity contribution in [3.05, 3.63) is 29.8 Å². The van der Waals surface area contributed by atoms with Crippen molar-refractivity contribution in [3.8, 4) is 0 Å². The van der Waals surface area contributed by atoms with Gasteiger partial charge in [0, 0.05) is 10.5 Å². The van der Waals surface area contributed by atoms with E-state index in [-0.39, 0.29) is 11.7 Å². The lowest BCUT2D eigenvalue weighted by Gasteiger charge is -2.12. The molecule has 0 aromatic heterocycles. The van der Waals surface area contributed by atoms with Crippen molar-refractivity contribution < 1.29 is 10.0 Å². The van der Waals surface area contributed by atoms with Gasteiger partial charge in [0.25, 0.3) is 5.91 Å². The molecule has 4 N–H and O–H groups in total. The molecule has 92 valence electrons. The van der Waals surface area contributed by atoms with Gasteiger partial charge in [-0.2, -0.15) is 0 Å². The molecule has 5 nitrogen and oxygen atoms in total. The molecule has 1 atom stereocenters. The molecule has 0 saturated heterocycles. The molecule has 1 aromatic carbocycles. The summed E-state index contributed by atoms with van der Waals surface area (Å²) in [4.78, 5) is 12.9. The van der Waals surface area contributed by atoms with Crippen LogP contribution in [0.3, 0.4) is 0 Å². The highest BCUT2D eigenvalue weighted by atomic mass is 32.2. The first-order chi connectivity index (χ1) is 8.08. The van der Waals surface area contributed by atoms with E-state index in [9.17, 15) is 4.79 Å². The van der Waals surface area contributed by atoms with E-state index in [2.05, 4.69) is 10.5 Å². The zero-order valence-corrected chi connectivity index (χ0v) is 10.5. The fraction of sp³-hybridized carbons (Fsp3) is 0.273. The van der Waals surface area contributed by atoms with Gasteiger partial charge in [-0.3, -0.25) is 4.79 Å². The van der Waals surface area contributed by atoms with E-state index in [0.29, 0.717) is 5.56 Å². The number of nitrogens with one attached hydrogen (secondary N) is 1. The van der Waals surface area contributed by atoms with Crippen LogP contribution in [0.2, 0.25) is 0 Å². The Morgan fingerprint density at radius 2 is 2.06 bits per heavy atom. The molecule has 17 heavy (non-hydrogen) atoms. The zero-order chi connectivity index (χ0) is 12.8. The van der Waals surface area contributed by atoms with E-state index < -0.39 is 6.04 Å². The van der Waals surface area contributed by atoms with Gasteiger partial charge >= 0.3 is 0 Å². The van der Waals surface area contributed by atoms with E-state index in [1.165, 1.54) is 0 Å². The molecule has 0 saturated carbocycles. The Morgan fingerprint density at radius 1 is 1.47 bits per heavy atom. The third-order valence-corrected chi connectivity index (χ3v) is 3.00. The van der Waals surface area contributed by atoms with E-state index in [1.807, 2.05) is 18.4 Å². The molecule has 0 fully saturated rings. The molecule has 0 aliphatic rings. The number of hydrogen-bond acceptors (Lipinski definition) is 4. The summed E-state index contributed by atoms with van der Waals surface area (Å²) < 4.78 is 0. The quantitative estimate of drug-likeness (QED) is 0.248. The van der Waals surface area contributed by atoms with Crippen LogP contribution >= 0.6 is 11.8 Å². The first-order valence-electron chi connectivity index (χ1n) is 5.00. The maximum Gasteiger partial charge on any atom is 0.251 e. The summed E-state index contributed by atoms with van der Waals surface area (Å²) in [6, 6.07) is 6.70. The van der Waals surface area contributed by atoms with Crippen LogP contribution in [0.5, 0.6) is 0 Å². The second kappa shape index (κ2) is 6.15. The Bertz CT molecular complexity index is 417. The van der Waals surface area contributed by atoms with Crippen molar-refractivity contribution in [2.24, 2.45) is 10.9 Å². The highest BCUT2D eigenvalue weighted by Crippen LogP contribution is 2.14. The molecule has 1 rings (SSSR count). The van der Waals surface area contributed by atoms with Crippen molar-refractivity contribution in [2.45, 2.75) is 17.9 Å². The lowest BCUT2D eigenvalue weighted by molar-refractivity contribution is 0.0948. The lowest BCUT2D eigenvalue weighted by Crippen LogP contribution is -2.42. The summed E-state index contributed by atoms with van der Waals surface area (Å²) in [5.41, 5.74) is 5.91. The third-order valence-electron chi connectivity index (χ3n) is 2.26. The van der Waals surface area contributed by atoms with Gasteiger partial charge in [-0.05, 0) is 37.4 Å². The first-order valence-corrected chi connectivity index (χ1v) is 6.23. The molecule has 1 aromatic rings. The molecule has 0 radical (unpaired) electrons. The van der Waals surface area contributed by atoms with Crippen LogP contribution < -0.4 is 11.1 Å². The van der Waals surface area contributed by atoms with E-state index in [4.69, 9.17) is 10.9 Å². The van der Waals surface area contributed by atoms with Crippen LogP contribution in [0, 0.1) is 0 Å². The minimum atomic E-state index is -0.507. The van der Waals surface area contributed by atoms with E-state index >= 15 is 0 Å². The molecule has 0 aliphatic carbocycles. The fourth-order valence-electron chi connectivity index (χ4n) is 1.18. The number of hydrogen-bond donors (Lipinski definition) is 3. The van der Waals surface area contributed by atoms with Gasteiger partial charge in [-0.1, -0.05) is 5.16 Å². The van der Waals surface area contributed by atoms with Gasteiger partial charge in [-0.25, -0.2) is 0 Å². The average molecular weight is 253 g/mol. The van der Waals surface area contributed by atoms with E-state index in [0.717, 1.165) is 4.90 Å². The summed E-state index contributed by atoms with van der Waals surface area (Å²) in [5, 5.41) is 13.9. The predicted molar refractivity (Wildman–Crippen MR) is 68.6 cm³/mol. The lowest BCUT2D eigenvalue weighted by atomic mass is 10.2. The van der Waals surface area contributed by atoms with Gasteiger partial charge in [0.2, 0.25) is 0 Å². The van der Waals surface area contributed by atoms with Crippen LogP contribution in [0.4, 0.5) is 0 Å². The summed E-state index contributed by atoms with van der Waals surface area (Å²) in [5.74, 6) is -0.282. The number of amides is 1. The molecular formula is C11H15N3O2S. The van der Waals surface area contributed by atoms with Crippen molar-refractivity contribution in [1.29, 1.82) is 0 Å². The van der Waals surface area contributed by atoms with Crippen molar-refractivity contribution >= 4 is 23.5 Å². The molecule has 0 heterocycles. The highest BCUT2D eigenvalue weighted by molar-refractivity contribution is 7.98. The SMILES string of the molecule is CSc1ccc(C(=O)NC(C)C(N)=NO)cc1. The number of carbonyl (C=O) groups excluding carboxylic acids is 1. The van der Waals surface area contributed by atoms with E-state index in [1.54, 1.807) is 30.8 Å². The molecule has 1 amide bonds. The molecule has 0 bridgehead atoms. The normalized spacial score (nSPS) is 13.2. The number of rotatable bonds is 4. The molecule has 1 unspecified atom stereocenters. The van der Waals surface area contributed by atoms with Crippen LogP contribution in [0.25, 0.3) is 0 Å². The molecule has 6 heteroatoms. The number of amidine groups is 1. The number of benzene rings is 1. The number of carbonyl (C=O) groups is 1. The summed E-state index contributed by atoms with van der Waals surface area (Å²) in [7, 11) is 0.